The molecule has 8 nitrogen and oxygen atoms in total. The minimum Gasteiger partial charge on any atom is -0.507 e. The number of likely N-dealkylation sites (tertiary alicyclic amines) is 1. The number of ketones is 1. The number of benzene rings is 3. The van der Waals surface area contributed by atoms with Crippen molar-refractivity contribution in [3.63, 3.8) is 0 Å². The van der Waals surface area contributed by atoms with E-state index in [2.05, 4.69) is 4.98 Å². The second-order valence-electron chi connectivity index (χ2n) is 8.84. The van der Waals surface area contributed by atoms with Gasteiger partial charge in [-0.2, -0.15) is 0 Å². The van der Waals surface area contributed by atoms with Crippen LogP contribution in [0.1, 0.15) is 22.7 Å². The molecule has 1 saturated heterocycles. The first-order valence-corrected chi connectivity index (χ1v) is 12.2. The number of pyridine rings is 1. The van der Waals surface area contributed by atoms with E-state index >= 15 is 0 Å². The number of methoxy groups -OCH3 is 2. The number of ether oxygens (including phenoxy) is 3. The summed E-state index contributed by atoms with van der Waals surface area (Å²) >= 11 is 0. The second kappa shape index (κ2) is 11.1. The van der Waals surface area contributed by atoms with E-state index in [1.54, 1.807) is 60.9 Å². The third-order valence-corrected chi connectivity index (χ3v) is 6.43. The summed E-state index contributed by atoms with van der Waals surface area (Å²) in [4.78, 5) is 32.5. The number of rotatable bonds is 8. The maximum absolute atomic E-state index is 13.5. The minimum absolute atomic E-state index is 0.0516. The van der Waals surface area contributed by atoms with E-state index in [0.29, 0.717) is 28.6 Å². The predicted molar refractivity (Wildman–Crippen MR) is 145 cm³/mol. The van der Waals surface area contributed by atoms with Crippen molar-refractivity contribution in [3.8, 4) is 23.0 Å². The lowest BCUT2D eigenvalue weighted by atomic mass is 9.94. The van der Waals surface area contributed by atoms with Gasteiger partial charge in [0.25, 0.3) is 11.7 Å². The highest BCUT2D eigenvalue weighted by Gasteiger charge is 2.46. The van der Waals surface area contributed by atoms with Gasteiger partial charge in [0, 0.05) is 25.0 Å². The molecule has 1 aromatic heterocycles. The van der Waals surface area contributed by atoms with Gasteiger partial charge in [0.05, 0.1) is 31.4 Å². The highest BCUT2D eigenvalue weighted by molar-refractivity contribution is 6.46. The van der Waals surface area contributed by atoms with Gasteiger partial charge in [0.2, 0.25) is 0 Å². The Kier molecular flexibility index (Phi) is 7.27. The molecular weight excluding hydrogens is 496 g/mol. The third kappa shape index (κ3) is 5.17. The molecule has 0 saturated carbocycles. The number of aromatic nitrogens is 1. The van der Waals surface area contributed by atoms with Crippen molar-refractivity contribution in [1.82, 2.24) is 9.88 Å². The van der Waals surface area contributed by atoms with Crippen LogP contribution in [0.2, 0.25) is 0 Å². The maximum Gasteiger partial charge on any atom is 0.295 e. The standard InChI is InChI=1S/C31H26N2O6/c1-37-23-13-14-25(26(17-23)38-2)29(34)27-28(33(31(36)30(27)35)19-20-8-7-15-32-18-20)21-9-6-12-24(16-21)39-22-10-4-3-5-11-22/h3-18,28,34H,19H2,1-2H3/b29-27+. The summed E-state index contributed by atoms with van der Waals surface area (Å²) in [6.45, 7) is 0.114. The lowest BCUT2D eigenvalue weighted by Gasteiger charge is -2.26. The molecule has 2 heterocycles. The van der Waals surface area contributed by atoms with E-state index in [1.807, 2.05) is 36.4 Å². The molecule has 8 heteroatoms. The zero-order valence-electron chi connectivity index (χ0n) is 21.4. The van der Waals surface area contributed by atoms with Gasteiger partial charge in [-0.15, -0.1) is 0 Å². The van der Waals surface area contributed by atoms with Crippen LogP contribution in [0.4, 0.5) is 0 Å². The number of hydrogen-bond donors (Lipinski definition) is 1. The molecule has 0 bridgehead atoms. The number of aliphatic hydroxyl groups excluding tert-OH is 1. The minimum atomic E-state index is -0.892. The van der Waals surface area contributed by atoms with Crippen LogP contribution in [0, 0.1) is 0 Å². The van der Waals surface area contributed by atoms with Gasteiger partial charge in [-0.25, -0.2) is 0 Å². The average molecular weight is 523 g/mol. The smallest absolute Gasteiger partial charge is 0.295 e. The second-order valence-corrected chi connectivity index (χ2v) is 8.84. The van der Waals surface area contributed by atoms with Gasteiger partial charge in [0.15, 0.2) is 0 Å². The summed E-state index contributed by atoms with van der Waals surface area (Å²) in [5.74, 6) is 0.101. The molecule has 1 atom stereocenters. The van der Waals surface area contributed by atoms with Crippen molar-refractivity contribution >= 4 is 17.4 Å². The number of carbonyl (C=O) groups excluding carboxylic acids is 2. The molecule has 0 radical (unpaired) electrons. The summed E-state index contributed by atoms with van der Waals surface area (Å²) in [5.41, 5.74) is 1.55. The highest BCUT2D eigenvalue weighted by atomic mass is 16.5. The predicted octanol–water partition coefficient (Wildman–Crippen LogP) is 5.51. The van der Waals surface area contributed by atoms with Gasteiger partial charge >= 0.3 is 0 Å². The van der Waals surface area contributed by atoms with Crippen LogP contribution < -0.4 is 14.2 Å². The molecule has 39 heavy (non-hydrogen) atoms. The fourth-order valence-electron chi connectivity index (χ4n) is 4.59. The molecule has 0 spiro atoms. The average Bonchev–Trinajstić information content (AvgIpc) is 3.22. The Morgan fingerprint density at radius 1 is 0.872 bits per heavy atom. The van der Waals surface area contributed by atoms with Crippen molar-refractivity contribution in [1.29, 1.82) is 0 Å². The number of carbonyl (C=O) groups is 2. The first kappa shape index (κ1) is 25.5. The lowest BCUT2D eigenvalue weighted by Crippen LogP contribution is -2.29. The zero-order chi connectivity index (χ0) is 27.4. The van der Waals surface area contributed by atoms with E-state index < -0.39 is 17.7 Å². The number of aliphatic hydroxyl groups is 1. The van der Waals surface area contributed by atoms with Crippen LogP contribution in [0.3, 0.4) is 0 Å². The Balaban J connectivity index is 1.64. The molecular formula is C31H26N2O6. The topological polar surface area (TPSA) is 98.2 Å². The molecule has 3 aromatic carbocycles. The van der Waals surface area contributed by atoms with Crippen LogP contribution in [-0.2, 0) is 16.1 Å². The van der Waals surface area contributed by atoms with Crippen LogP contribution in [0.25, 0.3) is 5.76 Å². The first-order chi connectivity index (χ1) is 19.0. The van der Waals surface area contributed by atoms with Crippen molar-refractivity contribution < 1.29 is 28.9 Å². The SMILES string of the molecule is COc1ccc(/C(O)=C2\C(=O)C(=O)N(Cc3cccnc3)C2c2cccc(Oc3ccccc3)c2)c(OC)c1. The third-order valence-electron chi connectivity index (χ3n) is 6.43. The fourth-order valence-corrected chi connectivity index (χ4v) is 4.59. The summed E-state index contributed by atoms with van der Waals surface area (Å²) in [6, 6.07) is 23.9. The van der Waals surface area contributed by atoms with Gasteiger partial charge in [-0.3, -0.25) is 14.6 Å². The fraction of sp³-hybridized carbons (Fsp3) is 0.129. The number of para-hydroxylation sites is 1. The number of hydrogen-bond acceptors (Lipinski definition) is 7. The molecule has 0 aliphatic carbocycles. The Labute approximate surface area is 225 Å². The quantitative estimate of drug-likeness (QED) is 0.185. The molecule has 1 amide bonds. The Morgan fingerprint density at radius 2 is 1.67 bits per heavy atom. The monoisotopic (exact) mass is 522 g/mol. The summed E-state index contributed by atoms with van der Waals surface area (Å²) in [6.07, 6.45) is 3.27. The Hall–Kier alpha value is -5.11. The van der Waals surface area contributed by atoms with E-state index in [4.69, 9.17) is 14.2 Å². The first-order valence-electron chi connectivity index (χ1n) is 12.2. The highest BCUT2D eigenvalue weighted by Crippen LogP contribution is 2.43. The Bertz CT molecular complexity index is 1540. The van der Waals surface area contributed by atoms with Crippen LogP contribution in [-0.4, -0.2) is 40.9 Å². The summed E-state index contributed by atoms with van der Waals surface area (Å²) < 4.78 is 16.7. The number of nitrogens with zero attached hydrogens (tertiary/aromatic N) is 2. The van der Waals surface area contributed by atoms with Crippen molar-refractivity contribution in [2.75, 3.05) is 14.2 Å². The van der Waals surface area contributed by atoms with Crippen molar-refractivity contribution in [2.24, 2.45) is 0 Å². The van der Waals surface area contributed by atoms with Gasteiger partial charge in [-0.1, -0.05) is 36.4 Å². The summed E-state index contributed by atoms with van der Waals surface area (Å²) in [5, 5.41) is 11.5. The van der Waals surface area contributed by atoms with E-state index in [1.165, 1.54) is 19.1 Å². The molecule has 4 aromatic rings. The number of Topliss-reactive ketones (excluding diaryl/α,β-unsaturated/α-hetero) is 1. The van der Waals surface area contributed by atoms with Gasteiger partial charge in [-0.05, 0) is 53.6 Å². The molecule has 1 aliphatic rings. The molecule has 1 aliphatic heterocycles. The van der Waals surface area contributed by atoms with Crippen LogP contribution >= 0.6 is 0 Å². The molecule has 196 valence electrons. The van der Waals surface area contributed by atoms with Crippen LogP contribution in [0.15, 0.2) is 103 Å². The maximum atomic E-state index is 13.5. The zero-order valence-corrected chi connectivity index (χ0v) is 21.4. The summed E-state index contributed by atoms with van der Waals surface area (Å²) in [7, 11) is 2.97. The van der Waals surface area contributed by atoms with Gasteiger partial charge < -0.3 is 24.2 Å². The molecule has 1 fully saturated rings. The Morgan fingerprint density at radius 3 is 2.38 bits per heavy atom. The largest absolute Gasteiger partial charge is 0.507 e. The van der Waals surface area contributed by atoms with E-state index in [9.17, 15) is 14.7 Å². The molecule has 5 rings (SSSR count). The lowest BCUT2D eigenvalue weighted by molar-refractivity contribution is -0.140. The van der Waals surface area contributed by atoms with Crippen molar-refractivity contribution in [2.45, 2.75) is 12.6 Å². The van der Waals surface area contributed by atoms with Crippen molar-refractivity contribution in [3.05, 3.63) is 120 Å². The van der Waals surface area contributed by atoms with E-state index in [0.717, 1.165) is 5.56 Å². The normalized spacial score (nSPS) is 16.3. The molecule has 1 N–H and O–H groups in total. The van der Waals surface area contributed by atoms with Crippen LogP contribution in [0.5, 0.6) is 23.0 Å². The van der Waals surface area contributed by atoms with Gasteiger partial charge in [0.1, 0.15) is 28.8 Å². The number of amides is 1. The molecule has 1 unspecified atom stereocenters. The van der Waals surface area contributed by atoms with E-state index in [-0.39, 0.29) is 23.4 Å².